The van der Waals surface area contributed by atoms with E-state index in [9.17, 15) is 5.11 Å². The van der Waals surface area contributed by atoms with Crippen LogP contribution in [0.2, 0.25) is 0 Å². The number of nitrogens with zero attached hydrogens (tertiary/aromatic N) is 4. The Morgan fingerprint density at radius 2 is 2.11 bits per heavy atom. The van der Waals surface area contributed by atoms with Crippen LogP contribution >= 0.6 is 35.3 Å². The molecule has 2 aromatic rings. The van der Waals surface area contributed by atoms with Crippen molar-refractivity contribution in [2.75, 3.05) is 19.6 Å². The average Bonchev–Trinajstić information content (AvgIpc) is 3.18. The minimum absolute atomic E-state index is 0. The van der Waals surface area contributed by atoms with Crippen molar-refractivity contribution in [3.8, 4) is 0 Å². The van der Waals surface area contributed by atoms with Crippen molar-refractivity contribution in [1.82, 2.24) is 25.4 Å². The van der Waals surface area contributed by atoms with E-state index in [1.165, 1.54) is 10.6 Å². The van der Waals surface area contributed by atoms with Gasteiger partial charge in [0.25, 0.3) is 0 Å². The molecule has 2 heterocycles. The second-order valence-corrected chi connectivity index (χ2v) is 7.80. The summed E-state index contributed by atoms with van der Waals surface area (Å²) in [6, 6.07) is 0. The highest BCUT2D eigenvalue weighted by molar-refractivity contribution is 14.0. The maximum atomic E-state index is 10.7. The number of nitrogens with one attached hydrogen (secondary N) is 2. The van der Waals surface area contributed by atoms with Gasteiger partial charge in [0.05, 0.1) is 23.4 Å². The smallest absolute Gasteiger partial charge is 0.191 e. The largest absolute Gasteiger partial charge is 0.383 e. The molecule has 0 aromatic carbocycles. The third-order valence-corrected chi connectivity index (χ3v) is 5.19. The van der Waals surface area contributed by atoms with Gasteiger partial charge in [-0.15, -0.1) is 35.3 Å². The molecule has 0 saturated heterocycles. The molecular weight excluding hydrogens is 475 g/mol. The molecule has 0 aliphatic heterocycles. The van der Waals surface area contributed by atoms with Gasteiger partial charge < -0.3 is 15.7 Å². The highest BCUT2D eigenvalue weighted by Crippen LogP contribution is 2.20. The van der Waals surface area contributed by atoms with Crippen molar-refractivity contribution < 1.29 is 5.11 Å². The fourth-order valence-corrected chi connectivity index (χ4v) is 3.60. The molecule has 27 heavy (non-hydrogen) atoms. The van der Waals surface area contributed by atoms with E-state index < -0.39 is 5.60 Å². The minimum Gasteiger partial charge on any atom is -0.383 e. The van der Waals surface area contributed by atoms with Crippen LogP contribution in [0.25, 0.3) is 0 Å². The molecule has 0 spiro atoms. The molecule has 7 nitrogen and oxygen atoms in total. The number of aliphatic imine (C=N–C) groups is 1. The Morgan fingerprint density at radius 1 is 1.37 bits per heavy atom. The Bertz CT molecular complexity index is 740. The molecule has 1 atom stereocenters. The molecule has 0 radical (unpaired) electrons. The number of rotatable bonds is 8. The lowest BCUT2D eigenvalue weighted by atomic mass is 10.0. The second-order valence-electron chi connectivity index (χ2n) is 6.51. The first kappa shape index (κ1) is 23.8. The van der Waals surface area contributed by atoms with Crippen LogP contribution in [-0.4, -0.2) is 45.5 Å². The maximum absolute atomic E-state index is 10.7. The number of halogens is 1. The SMILES string of the molecule is CCNC(=NCC(C)(O)c1cnn(C)c1)NCCc1nc(CC)c(C)s1.I. The van der Waals surface area contributed by atoms with E-state index in [2.05, 4.69) is 39.6 Å². The van der Waals surface area contributed by atoms with Crippen LogP contribution in [-0.2, 0) is 25.5 Å². The summed E-state index contributed by atoms with van der Waals surface area (Å²) in [7, 11) is 1.83. The number of thiazole rings is 1. The first-order chi connectivity index (χ1) is 12.4. The fourth-order valence-electron chi connectivity index (χ4n) is 2.58. The molecule has 0 aliphatic rings. The lowest BCUT2D eigenvalue weighted by molar-refractivity contribution is 0.0672. The van der Waals surface area contributed by atoms with E-state index >= 15 is 0 Å². The van der Waals surface area contributed by atoms with E-state index in [-0.39, 0.29) is 30.5 Å². The Labute approximate surface area is 182 Å². The van der Waals surface area contributed by atoms with Gasteiger partial charge in [0.15, 0.2) is 5.96 Å². The highest BCUT2D eigenvalue weighted by atomic mass is 127. The van der Waals surface area contributed by atoms with Gasteiger partial charge in [0, 0.05) is 43.2 Å². The van der Waals surface area contributed by atoms with Crippen LogP contribution in [0.15, 0.2) is 17.4 Å². The molecule has 2 rings (SSSR count). The predicted molar refractivity (Wildman–Crippen MR) is 122 cm³/mol. The van der Waals surface area contributed by atoms with Crippen molar-refractivity contribution in [3.05, 3.63) is 33.5 Å². The van der Waals surface area contributed by atoms with Crippen LogP contribution in [0.1, 0.15) is 41.9 Å². The quantitative estimate of drug-likeness (QED) is 0.291. The van der Waals surface area contributed by atoms with Gasteiger partial charge in [-0.1, -0.05) is 6.92 Å². The highest BCUT2D eigenvalue weighted by Gasteiger charge is 2.24. The van der Waals surface area contributed by atoms with Crippen molar-refractivity contribution in [1.29, 1.82) is 0 Å². The number of hydrogen-bond acceptors (Lipinski definition) is 5. The van der Waals surface area contributed by atoms with E-state index in [1.54, 1.807) is 29.1 Å². The summed E-state index contributed by atoms with van der Waals surface area (Å²) in [5, 5.41) is 22.5. The minimum atomic E-state index is -1.06. The maximum Gasteiger partial charge on any atom is 0.191 e. The predicted octanol–water partition coefficient (Wildman–Crippen LogP) is 2.37. The number of aromatic nitrogens is 3. The molecule has 3 N–H and O–H groups in total. The van der Waals surface area contributed by atoms with Gasteiger partial charge in [-0.2, -0.15) is 5.10 Å². The fraction of sp³-hybridized carbons (Fsp3) is 0.611. The summed E-state index contributed by atoms with van der Waals surface area (Å²) in [4.78, 5) is 10.5. The Hall–Kier alpha value is -1.20. The summed E-state index contributed by atoms with van der Waals surface area (Å²) in [5.74, 6) is 0.695. The van der Waals surface area contributed by atoms with Gasteiger partial charge >= 0.3 is 0 Å². The van der Waals surface area contributed by atoms with E-state index in [0.717, 1.165) is 36.5 Å². The Morgan fingerprint density at radius 3 is 2.67 bits per heavy atom. The van der Waals surface area contributed by atoms with Gasteiger partial charge in [0.2, 0.25) is 0 Å². The van der Waals surface area contributed by atoms with Crippen LogP contribution in [0.3, 0.4) is 0 Å². The number of hydrogen-bond donors (Lipinski definition) is 3. The molecule has 0 amide bonds. The van der Waals surface area contributed by atoms with Crippen LogP contribution in [0.5, 0.6) is 0 Å². The Balaban J connectivity index is 0.00000364. The van der Waals surface area contributed by atoms with E-state index in [1.807, 2.05) is 20.2 Å². The van der Waals surface area contributed by atoms with Crippen molar-refractivity contribution in [2.45, 2.75) is 46.1 Å². The molecule has 9 heteroatoms. The zero-order valence-electron chi connectivity index (χ0n) is 16.7. The molecule has 152 valence electrons. The summed E-state index contributed by atoms with van der Waals surface area (Å²) >= 11 is 1.76. The zero-order chi connectivity index (χ0) is 19.2. The van der Waals surface area contributed by atoms with Crippen molar-refractivity contribution >= 4 is 41.3 Å². The van der Waals surface area contributed by atoms with Crippen LogP contribution < -0.4 is 10.6 Å². The van der Waals surface area contributed by atoms with E-state index in [4.69, 9.17) is 0 Å². The monoisotopic (exact) mass is 506 g/mol. The standard InChI is InChI=1S/C18H30N6OS.HI/c1-6-15-13(3)26-16(23-15)8-9-20-17(19-7-2)21-12-18(4,25)14-10-22-24(5)11-14;/h10-11,25H,6-9,12H2,1-5H3,(H2,19,20,21);1H. The molecule has 0 bridgehead atoms. The number of aliphatic hydroxyl groups is 1. The summed E-state index contributed by atoms with van der Waals surface area (Å²) in [6.07, 6.45) is 5.32. The molecule has 0 saturated carbocycles. The van der Waals surface area contributed by atoms with Crippen molar-refractivity contribution in [3.63, 3.8) is 0 Å². The lowest BCUT2D eigenvalue weighted by Crippen LogP contribution is -2.39. The molecule has 0 aliphatic carbocycles. The van der Waals surface area contributed by atoms with Crippen LogP contribution in [0.4, 0.5) is 0 Å². The molecule has 1 unspecified atom stereocenters. The zero-order valence-corrected chi connectivity index (χ0v) is 19.9. The number of guanidine groups is 1. The molecule has 2 aromatic heterocycles. The lowest BCUT2D eigenvalue weighted by Gasteiger charge is -2.20. The Kier molecular flexibility index (Phi) is 9.68. The summed E-state index contributed by atoms with van der Waals surface area (Å²) in [6.45, 7) is 9.79. The summed E-state index contributed by atoms with van der Waals surface area (Å²) in [5.41, 5.74) is 0.891. The van der Waals surface area contributed by atoms with Gasteiger partial charge in [-0.3, -0.25) is 4.68 Å². The first-order valence-electron chi connectivity index (χ1n) is 9.04. The number of aryl methyl sites for hydroxylation is 3. The normalized spacial score (nSPS) is 13.8. The molecular formula is C18H31IN6OS. The van der Waals surface area contributed by atoms with Gasteiger partial charge in [0.1, 0.15) is 5.60 Å². The first-order valence-corrected chi connectivity index (χ1v) is 9.86. The van der Waals surface area contributed by atoms with E-state index in [0.29, 0.717) is 5.96 Å². The van der Waals surface area contributed by atoms with Gasteiger partial charge in [-0.05, 0) is 27.2 Å². The third-order valence-electron chi connectivity index (χ3n) is 4.12. The summed E-state index contributed by atoms with van der Waals surface area (Å²) < 4.78 is 1.68. The van der Waals surface area contributed by atoms with Gasteiger partial charge in [-0.25, -0.2) is 9.98 Å². The average molecular weight is 506 g/mol. The second kappa shape index (κ2) is 11.0. The van der Waals surface area contributed by atoms with Crippen LogP contribution in [0, 0.1) is 6.92 Å². The van der Waals surface area contributed by atoms with Crippen molar-refractivity contribution in [2.24, 2.45) is 12.0 Å². The topological polar surface area (TPSA) is 87.4 Å². The molecule has 0 fully saturated rings. The third kappa shape index (κ3) is 7.04.